The Hall–Kier alpha value is -2.12. The number of aromatic hydroxyl groups is 1. The van der Waals surface area contributed by atoms with Crippen molar-refractivity contribution >= 4 is 88.8 Å². The van der Waals surface area contributed by atoms with E-state index in [0.717, 1.165) is 29.1 Å². The van der Waals surface area contributed by atoms with Crippen molar-refractivity contribution in [3.05, 3.63) is 40.5 Å². The standard InChI is InChI=1S/C20H13N9O7S4.2Na/c1-7-10(6-21)19(37-28-7)26-24-16-11(39-36-35-31)4-9-5-12(40(32,33)34)17(14(22)13(9)18(16)30)25-27-20-15(23-3)8(2)29-38-20;;/h4-5,30-31H,22H2,1-2H3,(H,32,33,34);;/q;2*+1/p-2. The number of aromatic nitrogens is 2. The zero-order valence-electron chi connectivity index (χ0n) is 21.8. The Morgan fingerprint density at radius 2 is 1.74 bits per heavy atom. The summed E-state index contributed by atoms with van der Waals surface area (Å²) in [5, 5.41) is 49.8. The summed E-state index contributed by atoms with van der Waals surface area (Å²) in [4.78, 5) is 2.32. The average Bonchev–Trinajstić information content (AvgIpc) is 3.45. The molecule has 0 aliphatic carbocycles. The summed E-state index contributed by atoms with van der Waals surface area (Å²) < 4.78 is 48.7. The molecule has 22 heteroatoms. The van der Waals surface area contributed by atoms with E-state index in [1.54, 1.807) is 13.8 Å². The number of phenols is 1. The van der Waals surface area contributed by atoms with Crippen LogP contribution in [0.5, 0.6) is 5.75 Å². The van der Waals surface area contributed by atoms with E-state index in [0.29, 0.717) is 23.4 Å². The fourth-order valence-electron chi connectivity index (χ4n) is 3.31. The van der Waals surface area contributed by atoms with Crippen LogP contribution >= 0.6 is 35.1 Å². The van der Waals surface area contributed by atoms with E-state index in [1.165, 1.54) is 6.07 Å². The Morgan fingerprint density at radius 3 is 2.36 bits per heavy atom. The molecule has 0 unspecified atom stereocenters. The van der Waals surface area contributed by atoms with E-state index in [9.17, 15) is 28.6 Å². The van der Waals surface area contributed by atoms with Crippen LogP contribution in [0.1, 0.15) is 17.0 Å². The van der Waals surface area contributed by atoms with Crippen LogP contribution in [0, 0.1) is 31.8 Å². The summed E-state index contributed by atoms with van der Waals surface area (Å²) in [5.74, 6) is -0.669. The SMILES string of the molecule is [C-]#[N+]c1c(C)nsc1N=Nc1c(S(=O)(=O)[O-])cc2cc(SOO[O-])c(N=Nc3snc(C)c3C#N)c(O)c2c1N.[Na+].[Na+]. The molecule has 204 valence electrons. The largest absolute Gasteiger partial charge is 1.00 e. The number of benzene rings is 2. The molecular formula is C20H11N9Na2O7S4. The predicted octanol–water partition coefficient (Wildman–Crippen LogP) is -0.947. The maximum absolute atomic E-state index is 12.1. The first-order valence-corrected chi connectivity index (χ1v) is 14.0. The van der Waals surface area contributed by atoms with Crippen molar-refractivity contribution in [3.8, 4) is 11.8 Å². The molecule has 0 saturated heterocycles. The Bertz CT molecular complexity index is 1920. The van der Waals surface area contributed by atoms with Gasteiger partial charge < -0.3 is 20.7 Å². The third-order valence-electron chi connectivity index (χ3n) is 5.10. The molecule has 0 bridgehead atoms. The molecule has 0 atom stereocenters. The molecule has 16 nitrogen and oxygen atoms in total. The van der Waals surface area contributed by atoms with Gasteiger partial charge in [-0.1, -0.05) is 0 Å². The summed E-state index contributed by atoms with van der Waals surface area (Å²) in [5.41, 5.74) is 5.81. The third-order valence-corrected chi connectivity index (χ3v) is 8.20. The smallest absolute Gasteiger partial charge is 0.744 e. The quantitative estimate of drug-likeness (QED) is 0.0339. The minimum absolute atomic E-state index is 0. The van der Waals surface area contributed by atoms with Crippen molar-refractivity contribution in [1.29, 1.82) is 5.26 Å². The topological polar surface area (TPSA) is 248 Å². The number of hydrogen-bond acceptors (Lipinski definition) is 18. The van der Waals surface area contributed by atoms with Crippen LogP contribution in [-0.2, 0) is 19.5 Å². The van der Waals surface area contributed by atoms with E-state index in [2.05, 4.69) is 43.4 Å². The molecule has 2 aromatic heterocycles. The van der Waals surface area contributed by atoms with Gasteiger partial charge in [0.25, 0.3) is 0 Å². The first kappa shape index (κ1) is 36.1. The number of aryl methyl sites for hydroxylation is 2. The molecule has 2 aromatic carbocycles. The van der Waals surface area contributed by atoms with Gasteiger partial charge >= 0.3 is 59.1 Å². The Balaban J connectivity index is 0.00000308. The van der Waals surface area contributed by atoms with E-state index >= 15 is 0 Å². The van der Waals surface area contributed by atoms with Gasteiger partial charge in [0.05, 0.1) is 50.9 Å². The number of nitrogen functional groups attached to an aromatic ring is 1. The van der Waals surface area contributed by atoms with E-state index in [-0.39, 0.29) is 102 Å². The average molecular weight is 664 g/mol. The first-order valence-electron chi connectivity index (χ1n) is 10.3. The van der Waals surface area contributed by atoms with Crippen LogP contribution in [0.3, 0.4) is 0 Å². The number of anilines is 1. The molecule has 4 aromatic rings. The number of nitriles is 1. The van der Waals surface area contributed by atoms with Crippen LogP contribution in [-0.4, -0.2) is 26.8 Å². The normalized spacial score (nSPS) is 11.4. The second-order valence-corrected chi connectivity index (χ2v) is 11.1. The van der Waals surface area contributed by atoms with Gasteiger partial charge in [0.1, 0.15) is 33.1 Å². The molecule has 0 amide bonds. The van der Waals surface area contributed by atoms with Gasteiger partial charge in [-0.3, -0.25) is 5.04 Å². The Labute approximate surface area is 293 Å². The van der Waals surface area contributed by atoms with E-state index in [4.69, 9.17) is 12.3 Å². The predicted molar refractivity (Wildman–Crippen MR) is 139 cm³/mol. The maximum Gasteiger partial charge on any atom is 1.00 e. The van der Waals surface area contributed by atoms with Crippen molar-refractivity contribution < 1.29 is 91.8 Å². The second-order valence-electron chi connectivity index (χ2n) is 7.47. The molecule has 42 heavy (non-hydrogen) atoms. The molecule has 0 fully saturated rings. The number of rotatable bonds is 8. The second kappa shape index (κ2) is 15.1. The van der Waals surface area contributed by atoms with Crippen molar-refractivity contribution in [2.24, 2.45) is 20.5 Å². The zero-order valence-corrected chi connectivity index (χ0v) is 29.1. The molecule has 3 N–H and O–H groups in total. The summed E-state index contributed by atoms with van der Waals surface area (Å²) >= 11 is 1.98. The number of fused-ring (bicyclic) bond motifs is 1. The van der Waals surface area contributed by atoms with Gasteiger partial charge in [-0.15, -0.1) is 20.5 Å². The molecule has 4 rings (SSSR count). The number of azo groups is 2. The van der Waals surface area contributed by atoms with E-state index < -0.39 is 32.1 Å². The van der Waals surface area contributed by atoms with Crippen molar-refractivity contribution in [3.63, 3.8) is 0 Å². The first-order chi connectivity index (χ1) is 19.0. The molecule has 0 aliphatic rings. The Kier molecular flexibility index (Phi) is 12.9. The van der Waals surface area contributed by atoms with Gasteiger partial charge in [-0.05, 0) is 54.4 Å². The van der Waals surface area contributed by atoms with Crippen molar-refractivity contribution in [2.45, 2.75) is 23.6 Å². The minimum atomic E-state index is -5.20. The summed E-state index contributed by atoms with van der Waals surface area (Å²) in [6.45, 7) is 10.4. The monoisotopic (exact) mass is 663 g/mol. The van der Waals surface area contributed by atoms with Crippen molar-refractivity contribution in [1.82, 2.24) is 8.75 Å². The van der Waals surface area contributed by atoms with Gasteiger partial charge in [-0.25, -0.2) is 17.6 Å². The zero-order chi connectivity index (χ0) is 29.2. The summed E-state index contributed by atoms with van der Waals surface area (Å²) in [6.07, 6.45) is 0. The number of nitrogens with zero attached hydrogens (tertiary/aromatic N) is 8. The van der Waals surface area contributed by atoms with Gasteiger partial charge in [0.2, 0.25) is 5.69 Å². The van der Waals surface area contributed by atoms with Crippen LogP contribution in [0.2, 0.25) is 0 Å². The molecule has 0 spiro atoms. The van der Waals surface area contributed by atoms with E-state index in [1.807, 2.05) is 6.07 Å². The molecule has 2 heterocycles. The number of nitrogens with two attached hydrogens (primary N) is 1. The fourth-order valence-corrected chi connectivity index (χ4v) is 5.80. The molecule has 0 radical (unpaired) electrons. The Morgan fingerprint density at radius 1 is 1.12 bits per heavy atom. The van der Waals surface area contributed by atoms with Gasteiger partial charge in [-0.2, -0.15) is 14.0 Å². The van der Waals surface area contributed by atoms with Crippen molar-refractivity contribution in [2.75, 3.05) is 5.73 Å². The molecule has 0 aliphatic heterocycles. The molecule has 0 saturated carbocycles. The van der Waals surface area contributed by atoms with Crippen LogP contribution in [0.25, 0.3) is 15.6 Å². The third kappa shape index (κ3) is 7.32. The van der Waals surface area contributed by atoms with Gasteiger partial charge in [0, 0.05) is 0 Å². The minimum Gasteiger partial charge on any atom is -0.744 e. The number of hydrogen-bond donors (Lipinski definition) is 2. The van der Waals surface area contributed by atoms with Gasteiger partial charge in [0.15, 0.2) is 15.8 Å². The maximum atomic E-state index is 12.1. The summed E-state index contributed by atoms with van der Waals surface area (Å²) in [7, 11) is -5.20. The van der Waals surface area contributed by atoms with Crippen LogP contribution in [0.15, 0.2) is 42.4 Å². The van der Waals surface area contributed by atoms with Crippen LogP contribution in [0.4, 0.5) is 32.8 Å². The van der Waals surface area contributed by atoms with Crippen LogP contribution < -0.4 is 70.1 Å². The fraction of sp³-hybridized carbons (Fsp3) is 0.100. The number of phenolic OH excluding ortho intramolecular Hbond substituents is 1. The molecular weight excluding hydrogens is 653 g/mol. The summed E-state index contributed by atoms with van der Waals surface area (Å²) in [6, 6.07) is 4.02.